The number of nitrogens with one attached hydrogen (secondary N) is 1. The normalized spacial score (nSPS) is 10.8. The van der Waals surface area contributed by atoms with Gasteiger partial charge in [0, 0.05) is 39.3 Å². The zero-order valence-electron chi connectivity index (χ0n) is 11.1. The van der Waals surface area contributed by atoms with E-state index in [9.17, 15) is 0 Å². The Hall–Kier alpha value is -1.82. The number of imidazole rings is 2. The van der Waals surface area contributed by atoms with Gasteiger partial charge in [-0.2, -0.15) is 0 Å². The third-order valence-electron chi connectivity index (χ3n) is 2.72. The van der Waals surface area contributed by atoms with Gasteiger partial charge in [-0.15, -0.1) is 0 Å². The van der Waals surface area contributed by atoms with Crippen LogP contribution in [-0.2, 0) is 18.3 Å². The van der Waals surface area contributed by atoms with Crippen molar-refractivity contribution in [3.05, 3.63) is 30.1 Å². The van der Waals surface area contributed by atoms with Crippen LogP contribution in [0.3, 0.4) is 0 Å². The highest BCUT2D eigenvalue weighted by atomic mass is 16.5. The molecule has 0 unspecified atom stereocenters. The number of nitrogens with zero attached hydrogens (tertiary/aromatic N) is 4. The van der Waals surface area contributed by atoms with Gasteiger partial charge in [0.05, 0.1) is 18.8 Å². The Morgan fingerprint density at radius 3 is 2.94 bits per heavy atom. The van der Waals surface area contributed by atoms with Gasteiger partial charge in [0.25, 0.3) is 0 Å². The van der Waals surface area contributed by atoms with E-state index in [1.54, 1.807) is 13.3 Å². The van der Waals surface area contributed by atoms with Gasteiger partial charge in [-0.1, -0.05) is 0 Å². The van der Waals surface area contributed by atoms with Gasteiger partial charge in [-0.3, -0.25) is 0 Å². The summed E-state index contributed by atoms with van der Waals surface area (Å²) < 4.78 is 9.09. The molecule has 0 aromatic carbocycles. The Morgan fingerprint density at radius 1 is 1.44 bits per heavy atom. The smallest absolute Gasteiger partial charge is 0.203 e. The van der Waals surface area contributed by atoms with Crippen LogP contribution in [0.5, 0.6) is 0 Å². The molecule has 2 rings (SSSR count). The van der Waals surface area contributed by atoms with E-state index in [1.807, 2.05) is 30.9 Å². The maximum Gasteiger partial charge on any atom is 0.203 e. The molecule has 2 heterocycles. The zero-order chi connectivity index (χ0) is 13.0. The summed E-state index contributed by atoms with van der Waals surface area (Å²) in [5.41, 5.74) is 0.990. The molecule has 18 heavy (non-hydrogen) atoms. The molecule has 0 saturated carbocycles. The van der Waals surface area contributed by atoms with E-state index in [1.165, 1.54) is 0 Å². The van der Waals surface area contributed by atoms with Gasteiger partial charge in [-0.05, 0) is 6.92 Å². The topological polar surface area (TPSA) is 56.9 Å². The van der Waals surface area contributed by atoms with Gasteiger partial charge in [0.15, 0.2) is 0 Å². The lowest BCUT2D eigenvalue weighted by molar-refractivity contribution is 0.210. The summed E-state index contributed by atoms with van der Waals surface area (Å²) in [4.78, 5) is 8.77. The van der Waals surface area contributed by atoms with Crippen molar-refractivity contribution in [2.45, 2.75) is 13.5 Å². The maximum absolute atomic E-state index is 5.02. The first-order valence-corrected chi connectivity index (χ1v) is 5.93. The van der Waals surface area contributed by atoms with Gasteiger partial charge in [0.1, 0.15) is 5.82 Å². The maximum atomic E-state index is 5.02. The summed E-state index contributed by atoms with van der Waals surface area (Å²) in [7, 11) is 3.68. The minimum Gasteiger partial charge on any atom is -0.383 e. The molecular weight excluding hydrogens is 230 g/mol. The van der Waals surface area contributed by atoms with Gasteiger partial charge >= 0.3 is 0 Å². The number of aryl methyl sites for hydroxylation is 2. The predicted molar refractivity (Wildman–Crippen MR) is 69.6 cm³/mol. The molecule has 0 amide bonds. The van der Waals surface area contributed by atoms with E-state index in [0.717, 1.165) is 24.0 Å². The van der Waals surface area contributed by atoms with Crippen LogP contribution in [0.2, 0.25) is 0 Å². The average Bonchev–Trinajstić information content (AvgIpc) is 2.88. The molecule has 0 atom stereocenters. The average molecular weight is 249 g/mol. The van der Waals surface area contributed by atoms with Crippen molar-refractivity contribution in [3.8, 4) is 0 Å². The number of methoxy groups -OCH3 is 1. The van der Waals surface area contributed by atoms with E-state index in [4.69, 9.17) is 4.74 Å². The molecule has 0 radical (unpaired) electrons. The standard InChI is InChI=1S/C12H19N5O/c1-10-8-17(9-11-13-4-6-16(11)2)12(15-10)14-5-7-18-3/h4,6,8H,5,7,9H2,1-3H3,(H,14,15). The molecule has 0 saturated heterocycles. The second kappa shape index (κ2) is 5.68. The SMILES string of the molecule is COCCNc1nc(C)cn1Cc1nccn1C. The van der Waals surface area contributed by atoms with E-state index in [0.29, 0.717) is 13.2 Å². The third kappa shape index (κ3) is 2.89. The van der Waals surface area contributed by atoms with Gasteiger partial charge in [0.2, 0.25) is 5.95 Å². The van der Waals surface area contributed by atoms with Crippen molar-refractivity contribution >= 4 is 5.95 Å². The molecule has 0 bridgehead atoms. The van der Waals surface area contributed by atoms with E-state index >= 15 is 0 Å². The molecule has 2 aromatic rings. The summed E-state index contributed by atoms with van der Waals surface area (Å²) in [5, 5.41) is 3.26. The molecule has 2 aromatic heterocycles. The largest absolute Gasteiger partial charge is 0.383 e. The number of ether oxygens (including phenoxy) is 1. The van der Waals surface area contributed by atoms with Crippen LogP contribution in [0.25, 0.3) is 0 Å². The molecule has 6 nitrogen and oxygen atoms in total. The minimum absolute atomic E-state index is 0.661. The summed E-state index contributed by atoms with van der Waals surface area (Å²) in [6.45, 7) is 4.10. The fourth-order valence-corrected chi connectivity index (χ4v) is 1.77. The van der Waals surface area contributed by atoms with Crippen molar-refractivity contribution < 1.29 is 4.74 Å². The Bertz CT molecular complexity index is 502. The van der Waals surface area contributed by atoms with Crippen LogP contribution in [0.4, 0.5) is 5.95 Å². The van der Waals surface area contributed by atoms with Crippen molar-refractivity contribution in [1.29, 1.82) is 0 Å². The Morgan fingerprint density at radius 2 is 2.28 bits per heavy atom. The first kappa shape index (κ1) is 12.6. The van der Waals surface area contributed by atoms with E-state index in [-0.39, 0.29) is 0 Å². The second-order valence-electron chi connectivity index (χ2n) is 4.21. The quantitative estimate of drug-likeness (QED) is 0.777. The monoisotopic (exact) mass is 249 g/mol. The van der Waals surface area contributed by atoms with Crippen molar-refractivity contribution in [2.24, 2.45) is 7.05 Å². The van der Waals surface area contributed by atoms with Gasteiger partial charge in [-0.25, -0.2) is 9.97 Å². The molecule has 1 N–H and O–H groups in total. The first-order valence-electron chi connectivity index (χ1n) is 5.93. The highest BCUT2D eigenvalue weighted by molar-refractivity contribution is 5.29. The molecule has 6 heteroatoms. The second-order valence-corrected chi connectivity index (χ2v) is 4.21. The summed E-state index contributed by atoms with van der Waals surface area (Å²) in [5.74, 6) is 1.86. The van der Waals surface area contributed by atoms with Crippen LogP contribution in [0.1, 0.15) is 11.5 Å². The van der Waals surface area contributed by atoms with Crippen LogP contribution >= 0.6 is 0 Å². The van der Waals surface area contributed by atoms with Crippen LogP contribution < -0.4 is 5.32 Å². The zero-order valence-corrected chi connectivity index (χ0v) is 11.1. The molecule has 0 aliphatic heterocycles. The van der Waals surface area contributed by atoms with E-state index < -0.39 is 0 Å². The van der Waals surface area contributed by atoms with E-state index in [2.05, 4.69) is 19.9 Å². The van der Waals surface area contributed by atoms with Crippen molar-refractivity contribution in [2.75, 3.05) is 25.6 Å². The summed E-state index contributed by atoms with van der Waals surface area (Å²) >= 11 is 0. The number of aromatic nitrogens is 4. The number of hydrogen-bond acceptors (Lipinski definition) is 4. The number of anilines is 1. The minimum atomic E-state index is 0.661. The molecule has 98 valence electrons. The lowest BCUT2D eigenvalue weighted by Crippen LogP contribution is -2.14. The lowest BCUT2D eigenvalue weighted by atomic mass is 10.5. The van der Waals surface area contributed by atoms with Crippen molar-refractivity contribution in [3.63, 3.8) is 0 Å². The fourth-order valence-electron chi connectivity index (χ4n) is 1.77. The number of rotatable bonds is 6. The molecular formula is C12H19N5O. The Labute approximate surface area is 107 Å². The molecule has 0 spiro atoms. The first-order chi connectivity index (χ1) is 8.70. The Kier molecular flexibility index (Phi) is 3.99. The molecule has 0 fully saturated rings. The number of hydrogen-bond donors (Lipinski definition) is 1. The fraction of sp³-hybridized carbons (Fsp3) is 0.500. The predicted octanol–water partition coefficient (Wildman–Crippen LogP) is 1.03. The summed E-state index contributed by atoms with van der Waals surface area (Å²) in [6.07, 6.45) is 5.76. The van der Waals surface area contributed by atoms with Crippen LogP contribution in [0.15, 0.2) is 18.6 Å². The molecule has 0 aliphatic carbocycles. The van der Waals surface area contributed by atoms with Crippen molar-refractivity contribution in [1.82, 2.24) is 19.1 Å². The van der Waals surface area contributed by atoms with Crippen LogP contribution in [-0.4, -0.2) is 39.4 Å². The Balaban J connectivity index is 2.09. The molecule has 0 aliphatic rings. The third-order valence-corrected chi connectivity index (χ3v) is 2.72. The van der Waals surface area contributed by atoms with Gasteiger partial charge < -0.3 is 19.2 Å². The lowest BCUT2D eigenvalue weighted by Gasteiger charge is -2.09. The highest BCUT2D eigenvalue weighted by Crippen LogP contribution is 2.10. The summed E-state index contributed by atoms with van der Waals surface area (Å²) in [6, 6.07) is 0. The van der Waals surface area contributed by atoms with Crippen LogP contribution in [0, 0.1) is 6.92 Å². The highest BCUT2D eigenvalue weighted by Gasteiger charge is 2.07.